The minimum Gasteiger partial charge on any atom is -0.271 e. The van der Waals surface area contributed by atoms with Gasteiger partial charge in [-0.05, 0) is 43.2 Å². The molecule has 0 radical (unpaired) electrons. The van der Waals surface area contributed by atoms with Gasteiger partial charge in [-0.25, -0.2) is 13.8 Å². The van der Waals surface area contributed by atoms with Crippen LogP contribution in [0.5, 0.6) is 0 Å². The fourth-order valence-corrected chi connectivity index (χ4v) is 3.76. The van der Waals surface area contributed by atoms with Gasteiger partial charge >= 0.3 is 0 Å². The molecule has 144 valence electrons. The highest BCUT2D eigenvalue weighted by molar-refractivity contribution is 7.92. The summed E-state index contributed by atoms with van der Waals surface area (Å²) in [5, 5.41) is 4.58. The normalized spacial score (nSPS) is 11.6. The lowest BCUT2D eigenvalue weighted by molar-refractivity contribution is -0.119. The van der Waals surface area contributed by atoms with Crippen LogP contribution in [-0.2, 0) is 14.8 Å². The van der Waals surface area contributed by atoms with E-state index in [1.165, 1.54) is 6.21 Å². The highest BCUT2D eigenvalue weighted by atomic mass is 35.5. The van der Waals surface area contributed by atoms with E-state index in [4.69, 9.17) is 23.2 Å². The first-order valence-electron chi connectivity index (χ1n) is 7.91. The number of carbonyl (C=O) groups excluding carboxylic acids is 1. The fourth-order valence-electron chi connectivity index (χ4n) is 2.36. The van der Waals surface area contributed by atoms with Crippen LogP contribution in [0.4, 0.5) is 5.69 Å². The number of halogens is 2. The number of hydrogen-bond acceptors (Lipinski definition) is 4. The molecule has 6 nitrogen and oxygen atoms in total. The molecule has 0 aromatic heterocycles. The van der Waals surface area contributed by atoms with Crippen LogP contribution in [0.2, 0.25) is 10.0 Å². The molecule has 27 heavy (non-hydrogen) atoms. The van der Waals surface area contributed by atoms with Gasteiger partial charge in [0.1, 0.15) is 6.54 Å². The van der Waals surface area contributed by atoms with Crippen molar-refractivity contribution in [3.8, 4) is 0 Å². The minimum absolute atomic E-state index is 0.383. The van der Waals surface area contributed by atoms with Gasteiger partial charge in [0.15, 0.2) is 0 Å². The van der Waals surface area contributed by atoms with Crippen LogP contribution < -0.4 is 9.73 Å². The van der Waals surface area contributed by atoms with Crippen LogP contribution in [-0.4, -0.2) is 33.3 Å². The van der Waals surface area contributed by atoms with Crippen molar-refractivity contribution in [2.75, 3.05) is 17.1 Å². The minimum atomic E-state index is -3.66. The Hall–Kier alpha value is -2.09. The lowest BCUT2D eigenvalue weighted by Crippen LogP contribution is -2.39. The van der Waals surface area contributed by atoms with Crippen molar-refractivity contribution >= 4 is 51.0 Å². The predicted molar refractivity (Wildman–Crippen MR) is 110 cm³/mol. The third kappa shape index (κ3) is 5.45. The van der Waals surface area contributed by atoms with Crippen molar-refractivity contribution in [3.05, 3.63) is 63.1 Å². The number of rotatable bonds is 6. The number of nitrogens with one attached hydrogen (secondary N) is 1. The molecule has 0 aliphatic heterocycles. The Bertz CT molecular complexity index is 971. The van der Waals surface area contributed by atoms with Gasteiger partial charge in [0.25, 0.3) is 5.91 Å². The summed E-state index contributed by atoms with van der Waals surface area (Å²) in [5.41, 5.74) is 4.91. The number of sulfonamides is 1. The molecule has 0 spiro atoms. The second kappa shape index (κ2) is 8.73. The van der Waals surface area contributed by atoms with Crippen molar-refractivity contribution in [1.82, 2.24) is 5.43 Å². The van der Waals surface area contributed by atoms with Crippen molar-refractivity contribution in [2.24, 2.45) is 5.10 Å². The summed E-state index contributed by atoms with van der Waals surface area (Å²) < 4.78 is 25.4. The van der Waals surface area contributed by atoms with E-state index in [9.17, 15) is 13.2 Å². The Kier molecular flexibility index (Phi) is 6.86. The number of nitrogens with zero attached hydrogens (tertiary/aromatic N) is 2. The van der Waals surface area contributed by atoms with Gasteiger partial charge in [-0.1, -0.05) is 41.4 Å². The van der Waals surface area contributed by atoms with Gasteiger partial charge < -0.3 is 0 Å². The average molecular weight is 428 g/mol. The van der Waals surface area contributed by atoms with E-state index < -0.39 is 22.5 Å². The number of aryl methyl sites for hydroxylation is 1. The topological polar surface area (TPSA) is 78.8 Å². The number of anilines is 1. The molecule has 9 heteroatoms. The van der Waals surface area contributed by atoms with Crippen molar-refractivity contribution in [1.29, 1.82) is 0 Å². The highest BCUT2D eigenvalue weighted by Crippen LogP contribution is 2.25. The van der Waals surface area contributed by atoms with E-state index in [1.807, 2.05) is 13.0 Å². The number of hydrazone groups is 1. The average Bonchev–Trinajstić information content (AvgIpc) is 2.57. The molecule has 0 atom stereocenters. The van der Waals surface area contributed by atoms with Crippen LogP contribution in [0, 0.1) is 13.8 Å². The van der Waals surface area contributed by atoms with Crippen LogP contribution in [0.25, 0.3) is 0 Å². The van der Waals surface area contributed by atoms with Crippen molar-refractivity contribution in [2.45, 2.75) is 13.8 Å². The van der Waals surface area contributed by atoms with Crippen LogP contribution in [0.1, 0.15) is 16.7 Å². The maximum absolute atomic E-state index is 12.2. The van der Waals surface area contributed by atoms with E-state index in [1.54, 1.807) is 37.3 Å². The van der Waals surface area contributed by atoms with Gasteiger partial charge in [-0.2, -0.15) is 5.10 Å². The predicted octanol–water partition coefficient (Wildman–Crippen LogP) is 3.53. The van der Waals surface area contributed by atoms with E-state index in [0.717, 1.165) is 21.7 Å². The zero-order valence-corrected chi connectivity index (χ0v) is 17.4. The van der Waals surface area contributed by atoms with Gasteiger partial charge in [-0.3, -0.25) is 9.10 Å². The van der Waals surface area contributed by atoms with Gasteiger partial charge in [0.05, 0.1) is 28.2 Å². The van der Waals surface area contributed by atoms with E-state index >= 15 is 0 Å². The smallest absolute Gasteiger partial charge is 0.260 e. The second-order valence-electron chi connectivity index (χ2n) is 5.92. The van der Waals surface area contributed by atoms with E-state index in [2.05, 4.69) is 10.5 Å². The first-order chi connectivity index (χ1) is 12.6. The van der Waals surface area contributed by atoms with Crippen LogP contribution in [0.15, 0.2) is 41.5 Å². The monoisotopic (exact) mass is 427 g/mol. The molecular formula is C18H19Cl2N3O3S. The molecular weight excluding hydrogens is 409 g/mol. The summed E-state index contributed by atoms with van der Waals surface area (Å²) in [6.07, 6.45) is 2.36. The van der Waals surface area contributed by atoms with Gasteiger partial charge in [0.2, 0.25) is 10.0 Å². The second-order valence-corrected chi connectivity index (χ2v) is 8.64. The molecule has 0 saturated heterocycles. The quantitative estimate of drug-likeness (QED) is 0.565. The summed E-state index contributed by atoms with van der Waals surface area (Å²) in [7, 11) is -3.66. The maximum atomic E-state index is 12.2. The summed E-state index contributed by atoms with van der Waals surface area (Å²) in [5.74, 6) is -0.597. The summed E-state index contributed by atoms with van der Waals surface area (Å²) in [4.78, 5) is 12.2. The molecule has 0 fully saturated rings. The lowest BCUT2D eigenvalue weighted by atomic mass is 10.1. The lowest BCUT2D eigenvalue weighted by Gasteiger charge is -2.23. The molecule has 0 saturated carbocycles. The molecule has 0 bridgehead atoms. The zero-order valence-electron chi connectivity index (χ0n) is 15.0. The molecule has 0 unspecified atom stereocenters. The fraction of sp³-hybridized carbons (Fsp3) is 0.222. The third-order valence-electron chi connectivity index (χ3n) is 3.91. The number of benzene rings is 2. The maximum Gasteiger partial charge on any atom is 0.260 e. The largest absolute Gasteiger partial charge is 0.271 e. The zero-order chi connectivity index (χ0) is 20.2. The van der Waals surface area contributed by atoms with E-state index in [0.29, 0.717) is 21.3 Å². The number of amides is 1. The molecule has 1 N–H and O–H groups in total. The first kappa shape index (κ1) is 21.2. The first-order valence-corrected chi connectivity index (χ1v) is 10.5. The Labute approximate surface area is 168 Å². The summed E-state index contributed by atoms with van der Waals surface area (Å²) >= 11 is 12.1. The molecule has 2 aromatic rings. The number of hydrogen-bond donors (Lipinski definition) is 1. The van der Waals surface area contributed by atoms with Crippen LogP contribution >= 0.6 is 23.2 Å². The van der Waals surface area contributed by atoms with E-state index in [-0.39, 0.29) is 0 Å². The number of carbonyl (C=O) groups is 1. The highest BCUT2D eigenvalue weighted by Gasteiger charge is 2.22. The molecule has 0 aliphatic carbocycles. The van der Waals surface area contributed by atoms with Crippen LogP contribution in [0.3, 0.4) is 0 Å². The Morgan fingerprint density at radius 3 is 2.33 bits per heavy atom. The Morgan fingerprint density at radius 1 is 1.15 bits per heavy atom. The summed E-state index contributed by atoms with van der Waals surface area (Å²) in [6, 6.07) is 10.2. The molecule has 2 rings (SSSR count). The Balaban J connectivity index is 2.18. The molecule has 1 amide bonds. The van der Waals surface area contributed by atoms with Gasteiger partial charge in [0, 0.05) is 5.56 Å². The Morgan fingerprint density at radius 2 is 1.74 bits per heavy atom. The summed E-state index contributed by atoms with van der Waals surface area (Å²) in [6.45, 7) is 3.27. The van der Waals surface area contributed by atoms with Crippen molar-refractivity contribution < 1.29 is 13.2 Å². The molecule has 2 aromatic carbocycles. The standard InChI is InChI=1S/C18H19Cl2N3O3S/c1-12-6-4-9-17(13(12)2)23(27(3,25)26)11-18(24)22-21-10-14-15(19)7-5-8-16(14)20/h4-10H,11H2,1-3H3,(H,22,24)/b21-10+. The van der Waals surface area contributed by atoms with Crippen molar-refractivity contribution in [3.63, 3.8) is 0 Å². The molecule has 0 aliphatic rings. The third-order valence-corrected chi connectivity index (χ3v) is 5.70. The SMILES string of the molecule is Cc1cccc(N(CC(=O)N/N=C/c2c(Cl)cccc2Cl)S(C)(=O)=O)c1C. The molecule has 0 heterocycles. The van der Waals surface area contributed by atoms with Gasteiger partial charge in [-0.15, -0.1) is 0 Å².